The molecule has 2 heterocycles. The quantitative estimate of drug-likeness (QED) is 0.602. The van der Waals surface area contributed by atoms with E-state index in [4.69, 9.17) is 9.47 Å². The van der Waals surface area contributed by atoms with Gasteiger partial charge in [-0.3, -0.25) is 4.79 Å². The maximum absolute atomic E-state index is 13.1. The largest absolute Gasteiger partial charge is 0.497 e. The summed E-state index contributed by atoms with van der Waals surface area (Å²) in [6, 6.07) is 15.0. The minimum atomic E-state index is -0.159. The molecule has 1 aliphatic heterocycles. The van der Waals surface area contributed by atoms with Crippen molar-refractivity contribution in [3.63, 3.8) is 0 Å². The highest BCUT2D eigenvalue weighted by Gasteiger charge is 2.27. The second-order valence-corrected chi connectivity index (χ2v) is 7.26. The molecule has 0 radical (unpaired) electrons. The van der Waals surface area contributed by atoms with Crippen molar-refractivity contribution >= 4 is 24.0 Å². The van der Waals surface area contributed by atoms with Gasteiger partial charge in [0.2, 0.25) is 0 Å². The number of anilines is 1. The van der Waals surface area contributed by atoms with Gasteiger partial charge in [0.15, 0.2) is 0 Å². The molecule has 0 spiro atoms. The summed E-state index contributed by atoms with van der Waals surface area (Å²) in [7, 11) is 3.26. The van der Waals surface area contributed by atoms with Crippen LogP contribution in [-0.2, 0) is 0 Å². The van der Waals surface area contributed by atoms with E-state index in [1.807, 2.05) is 53.2 Å². The topological polar surface area (TPSA) is 77.4 Å². The lowest BCUT2D eigenvalue weighted by atomic mass is 9.91. The van der Waals surface area contributed by atoms with Crippen molar-refractivity contribution in [2.45, 2.75) is 18.8 Å². The Morgan fingerprint density at radius 2 is 1.58 bits per heavy atom. The van der Waals surface area contributed by atoms with Gasteiger partial charge < -0.3 is 20.1 Å². The van der Waals surface area contributed by atoms with E-state index >= 15 is 0 Å². The number of rotatable bonds is 6. The number of methoxy groups -OCH3 is 2. The van der Waals surface area contributed by atoms with Crippen molar-refractivity contribution in [1.29, 1.82) is 0 Å². The summed E-state index contributed by atoms with van der Waals surface area (Å²) in [6.45, 7) is 1.86. The molecule has 4 rings (SSSR count). The molecule has 164 valence electrons. The number of nitrogens with one attached hydrogen (secondary N) is 2. The maximum Gasteiger partial charge on any atom is 0.259 e. The molecule has 1 aromatic heterocycles. The van der Waals surface area contributed by atoms with E-state index < -0.39 is 0 Å². The second kappa shape index (κ2) is 10.3. The third-order valence-electron chi connectivity index (χ3n) is 5.44. The SMILES string of the molecule is COc1ccc(NC(=O)c2cnn(-c3ccc(OC)cc3)c2C2CCNCC2)cc1.Cl. The molecule has 0 unspecified atom stereocenters. The van der Waals surface area contributed by atoms with Crippen LogP contribution in [-0.4, -0.2) is 43.0 Å². The van der Waals surface area contributed by atoms with Crippen LogP contribution in [0.2, 0.25) is 0 Å². The fourth-order valence-corrected chi connectivity index (χ4v) is 3.82. The molecule has 1 fully saturated rings. The van der Waals surface area contributed by atoms with Gasteiger partial charge in [-0.1, -0.05) is 0 Å². The zero-order chi connectivity index (χ0) is 20.9. The number of piperidine rings is 1. The number of benzene rings is 2. The maximum atomic E-state index is 13.1. The van der Waals surface area contributed by atoms with E-state index in [0.29, 0.717) is 11.3 Å². The van der Waals surface area contributed by atoms with Crippen molar-refractivity contribution in [2.24, 2.45) is 0 Å². The summed E-state index contributed by atoms with van der Waals surface area (Å²) in [5, 5.41) is 11.0. The van der Waals surface area contributed by atoms with E-state index in [1.54, 1.807) is 20.4 Å². The summed E-state index contributed by atoms with van der Waals surface area (Å²) in [5.41, 5.74) is 3.18. The molecule has 0 aliphatic carbocycles. The highest BCUT2D eigenvalue weighted by Crippen LogP contribution is 2.31. The minimum Gasteiger partial charge on any atom is -0.497 e. The fraction of sp³-hybridized carbons (Fsp3) is 0.304. The zero-order valence-electron chi connectivity index (χ0n) is 17.6. The first-order valence-electron chi connectivity index (χ1n) is 10.1. The van der Waals surface area contributed by atoms with Crippen molar-refractivity contribution in [3.8, 4) is 17.2 Å². The molecular weight excluding hydrogens is 416 g/mol. The van der Waals surface area contributed by atoms with Gasteiger partial charge in [0.1, 0.15) is 11.5 Å². The van der Waals surface area contributed by atoms with Crippen LogP contribution in [0, 0.1) is 0 Å². The van der Waals surface area contributed by atoms with Gasteiger partial charge in [-0.15, -0.1) is 12.4 Å². The lowest BCUT2D eigenvalue weighted by molar-refractivity contribution is 0.102. The number of carbonyl (C=O) groups excluding carboxylic acids is 1. The lowest BCUT2D eigenvalue weighted by Crippen LogP contribution is -2.29. The van der Waals surface area contributed by atoms with Crippen LogP contribution in [0.1, 0.15) is 34.8 Å². The highest BCUT2D eigenvalue weighted by atomic mass is 35.5. The number of hydrogen-bond acceptors (Lipinski definition) is 5. The Morgan fingerprint density at radius 1 is 1.00 bits per heavy atom. The Bertz CT molecular complexity index is 997. The van der Waals surface area contributed by atoms with Crippen molar-refractivity contribution in [1.82, 2.24) is 15.1 Å². The Kier molecular flexibility index (Phi) is 7.55. The van der Waals surface area contributed by atoms with E-state index in [-0.39, 0.29) is 24.2 Å². The summed E-state index contributed by atoms with van der Waals surface area (Å²) in [4.78, 5) is 13.1. The van der Waals surface area contributed by atoms with Crippen molar-refractivity contribution < 1.29 is 14.3 Å². The summed E-state index contributed by atoms with van der Waals surface area (Å²) >= 11 is 0. The summed E-state index contributed by atoms with van der Waals surface area (Å²) < 4.78 is 12.3. The number of amides is 1. The molecule has 2 N–H and O–H groups in total. The van der Waals surface area contributed by atoms with E-state index in [1.165, 1.54) is 0 Å². The molecule has 8 heteroatoms. The van der Waals surface area contributed by atoms with Crippen LogP contribution >= 0.6 is 12.4 Å². The third-order valence-corrected chi connectivity index (χ3v) is 5.44. The Labute approximate surface area is 188 Å². The Morgan fingerprint density at radius 3 is 2.16 bits per heavy atom. The molecule has 7 nitrogen and oxygen atoms in total. The predicted octanol–water partition coefficient (Wildman–Crippen LogP) is 4.03. The smallest absolute Gasteiger partial charge is 0.259 e. The molecule has 0 atom stereocenters. The van der Waals surface area contributed by atoms with Crippen LogP contribution in [0.15, 0.2) is 54.7 Å². The average Bonchev–Trinajstić information content (AvgIpc) is 3.25. The summed E-state index contributed by atoms with van der Waals surface area (Å²) in [5.74, 6) is 1.63. The van der Waals surface area contributed by atoms with E-state index in [9.17, 15) is 4.79 Å². The normalized spacial score (nSPS) is 13.9. The monoisotopic (exact) mass is 442 g/mol. The van der Waals surface area contributed by atoms with Gasteiger partial charge in [0.25, 0.3) is 5.91 Å². The zero-order valence-corrected chi connectivity index (χ0v) is 18.4. The lowest BCUT2D eigenvalue weighted by Gasteiger charge is -2.24. The third kappa shape index (κ3) is 5.00. The fourth-order valence-electron chi connectivity index (χ4n) is 3.82. The molecule has 0 bridgehead atoms. The average molecular weight is 443 g/mol. The molecule has 1 amide bonds. The molecule has 1 saturated heterocycles. The molecular formula is C23H27ClN4O3. The molecule has 31 heavy (non-hydrogen) atoms. The van der Waals surface area contributed by atoms with Gasteiger partial charge in [-0.2, -0.15) is 5.10 Å². The number of ether oxygens (including phenoxy) is 2. The van der Waals surface area contributed by atoms with Gasteiger partial charge in [0, 0.05) is 11.6 Å². The highest BCUT2D eigenvalue weighted by molar-refractivity contribution is 6.05. The number of hydrogen-bond donors (Lipinski definition) is 2. The number of carbonyl (C=O) groups is 1. The second-order valence-electron chi connectivity index (χ2n) is 7.26. The summed E-state index contributed by atoms with van der Waals surface area (Å²) in [6.07, 6.45) is 3.59. The van der Waals surface area contributed by atoms with Gasteiger partial charge in [0.05, 0.1) is 37.4 Å². The van der Waals surface area contributed by atoms with Crippen LogP contribution in [0.25, 0.3) is 5.69 Å². The molecule has 3 aromatic rings. The van der Waals surface area contributed by atoms with Gasteiger partial charge in [-0.05, 0) is 74.5 Å². The first kappa shape index (κ1) is 22.7. The Balaban J connectivity index is 0.00000272. The molecule has 1 aliphatic rings. The van der Waals surface area contributed by atoms with Crippen LogP contribution in [0.3, 0.4) is 0 Å². The Hall–Kier alpha value is -3.03. The van der Waals surface area contributed by atoms with Crippen LogP contribution < -0.4 is 20.1 Å². The van der Waals surface area contributed by atoms with Crippen molar-refractivity contribution in [2.75, 3.05) is 32.6 Å². The van der Waals surface area contributed by atoms with Gasteiger partial charge >= 0.3 is 0 Å². The van der Waals surface area contributed by atoms with E-state index in [0.717, 1.165) is 48.8 Å². The van der Waals surface area contributed by atoms with Crippen LogP contribution in [0.5, 0.6) is 11.5 Å². The molecule has 2 aromatic carbocycles. The standard InChI is InChI=1S/C23H26N4O3.ClH/c1-29-19-7-3-17(4-8-19)26-23(28)21-15-25-27(18-5-9-20(30-2)10-6-18)22(21)16-11-13-24-14-12-16;/h3-10,15-16,24H,11-14H2,1-2H3,(H,26,28);1H. The molecule has 0 saturated carbocycles. The van der Waals surface area contributed by atoms with Gasteiger partial charge in [-0.25, -0.2) is 4.68 Å². The predicted molar refractivity (Wildman–Crippen MR) is 123 cm³/mol. The van der Waals surface area contributed by atoms with E-state index in [2.05, 4.69) is 15.7 Å². The van der Waals surface area contributed by atoms with Crippen molar-refractivity contribution in [3.05, 3.63) is 66.0 Å². The minimum absolute atomic E-state index is 0. The number of nitrogens with zero attached hydrogens (tertiary/aromatic N) is 2. The number of halogens is 1. The van der Waals surface area contributed by atoms with Crippen LogP contribution in [0.4, 0.5) is 5.69 Å². The number of aromatic nitrogens is 2. The first-order chi connectivity index (χ1) is 14.7. The first-order valence-corrected chi connectivity index (χ1v) is 10.1.